The van der Waals surface area contributed by atoms with E-state index in [9.17, 15) is 9.59 Å². The smallest absolute Gasteiger partial charge is 0.316 e. The lowest BCUT2D eigenvalue weighted by Gasteiger charge is -2.16. The van der Waals surface area contributed by atoms with Crippen LogP contribution in [0.1, 0.15) is 31.1 Å². The molecule has 1 rings (SSSR count). The van der Waals surface area contributed by atoms with E-state index >= 15 is 0 Å². The molecule has 0 bridgehead atoms. The van der Waals surface area contributed by atoms with E-state index < -0.39 is 5.41 Å². The molecule has 0 spiro atoms. The summed E-state index contributed by atoms with van der Waals surface area (Å²) in [5, 5.41) is 0. The van der Waals surface area contributed by atoms with Crippen molar-refractivity contribution in [3.05, 3.63) is 29.8 Å². The third kappa shape index (κ3) is 3.20. The Kier molecular flexibility index (Phi) is 3.24. The van der Waals surface area contributed by atoms with Crippen molar-refractivity contribution in [1.82, 2.24) is 0 Å². The van der Waals surface area contributed by atoms with Gasteiger partial charge in [0.05, 0.1) is 5.41 Å². The van der Waals surface area contributed by atoms with Crippen LogP contribution < -0.4 is 4.74 Å². The highest BCUT2D eigenvalue weighted by Crippen LogP contribution is 2.19. The zero-order chi connectivity index (χ0) is 11.5. The molecule has 80 valence electrons. The number of aldehydes is 1. The van der Waals surface area contributed by atoms with Crippen molar-refractivity contribution in [3.8, 4) is 5.75 Å². The first-order valence-electron chi connectivity index (χ1n) is 4.71. The summed E-state index contributed by atoms with van der Waals surface area (Å²) in [6.07, 6.45) is 0.717. The van der Waals surface area contributed by atoms with Gasteiger partial charge in [-0.2, -0.15) is 0 Å². The van der Waals surface area contributed by atoms with Gasteiger partial charge in [-0.15, -0.1) is 0 Å². The highest BCUT2D eigenvalue weighted by atomic mass is 16.5. The molecule has 0 unspecified atom stereocenters. The summed E-state index contributed by atoms with van der Waals surface area (Å²) in [6.45, 7) is 5.33. The number of hydrogen-bond acceptors (Lipinski definition) is 3. The molecule has 0 aromatic heterocycles. The molecule has 15 heavy (non-hydrogen) atoms. The first-order chi connectivity index (χ1) is 6.93. The monoisotopic (exact) mass is 206 g/mol. The molecule has 0 aliphatic heterocycles. The van der Waals surface area contributed by atoms with Crippen LogP contribution in [0.5, 0.6) is 5.75 Å². The van der Waals surface area contributed by atoms with Crippen molar-refractivity contribution in [2.75, 3.05) is 0 Å². The van der Waals surface area contributed by atoms with Gasteiger partial charge in [0.25, 0.3) is 0 Å². The van der Waals surface area contributed by atoms with E-state index in [1.54, 1.807) is 39.0 Å². The van der Waals surface area contributed by atoms with E-state index in [4.69, 9.17) is 4.74 Å². The Hall–Kier alpha value is -1.64. The third-order valence-electron chi connectivity index (χ3n) is 1.82. The largest absolute Gasteiger partial charge is 0.426 e. The van der Waals surface area contributed by atoms with Crippen LogP contribution >= 0.6 is 0 Å². The minimum atomic E-state index is -0.544. The van der Waals surface area contributed by atoms with Gasteiger partial charge in [-0.05, 0) is 32.9 Å². The SMILES string of the molecule is CC(C)(C)C(=O)Oc1cccc(C=O)c1. The van der Waals surface area contributed by atoms with Gasteiger partial charge in [-0.25, -0.2) is 0 Å². The minimum Gasteiger partial charge on any atom is -0.426 e. The van der Waals surface area contributed by atoms with Crippen molar-refractivity contribution >= 4 is 12.3 Å². The fraction of sp³-hybridized carbons (Fsp3) is 0.333. The van der Waals surface area contributed by atoms with Crippen LogP contribution in [0.4, 0.5) is 0 Å². The van der Waals surface area contributed by atoms with Crippen LogP contribution in [-0.2, 0) is 4.79 Å². The second-order valence-corrected chi connectivity index (χ2v) is 4.33. The first kappa shape index (κ1) is 11.4. The number of benzene rings is 1. The average Bonchev–Trinajstić information content (AvgIpc) is 2.16. The van der Waals surface area contributed by atoms with E-state index in [1.165, 1.54) is 6.07 Å². The van der Waals surface area contributed by atoms with Crippen LogP contribution in [0.25, 0.3) is 0 Å². The maximum atomic E-state index is 11.5. The molecule has 0 fully saturated rings. The number of esters is 1. The second kappa shape index (κ2) is 4.26. The highest BCUT2D eigenvalue weighted by molar-refractivity contribution is 5.79. The molecule has 1 aromatic carbocycles. The van der Waals surface area contributed by atoms with Gasteiger partial charge in [-0.3, -0.25) is 9.59 Å². The average molecular weight is 206 g/mol. The van der Waals surface area contributed by atoms with Gasteiger partial charge < -0.3 is 4.74 Å². The molecule has 0 N–H and O–H groups in total. The summed E-state index contributed by atoms with van der Waals surface area (Å²) in [5.74, 6) is 0.0880. The van der Waals surface area contributed by atoms with Gasteiger partial charge in [0.15, 0.2) is 0 Å². The van der Waals surface area contributed by atoms with Gasteiger partial charge in [0.1, 0.15) is 12.0 Å². The molecule has 3 nitrogen and oxygen atoms in total. The van der Waals surface area contributed by atoms with E-state index in [1.807, 2.05) is 0 Å². The molecule has 0 atom stereocenters. The number of rotatable bonds is 2. The Balaban J connectivity index is 2.81. The Morgan fingerprint density at radius 3 is 2.53 bits per heavy atom. The Bertz CT molecular complexity index is 375. The van der Waals surface area contributed by atoms with E-state index in [-0.39, 0.29) is 5.97 Å². The van der Waals surface area contributed by atoms with Gasteiger partial charge in [0.2, 0.25) is 0 Å². The van der Waals surface area contributed by atoms with Crippen molar-refractivity contribution < 1.29 is 14.3 Å². The molecule has 0 aliphatic rings. The number of ether oxygens (including phenoxy) is 1. The number of carbonyl (C=O) groups excluding carboxylic acids is 2. The Morgan fingerprint density at radius 1 is 1.33 bits per heavy atom. The normalized spacial score (nSPS) is 10.9. The Morgan fingerprint density at radius 2 is 2.00 bits per heavy atom. The van der Waals surface area contributed by atoms with Gasteiger partial charge >= 0.3 is 5.97 Å². The zero-order valence-corrected chi connectivity index (χ0v) is 9.11. The molecule has 0 radical (unpaired) electrons. The zero-order valence-electron chi connectivity index (χ0n) is 9.11. The molecular weight excluding hydrogens is 192 g/mol. The maximum Gasteiger partial charge on any atom is 0.316 e. The van der Waals surface area contributed by atoms with Crippen LogP contribution in [0, 0.1) is 5.41 Å². The third-order valence-corrected chi connectivity index (χ3v) is 1.82. The molecule has 0 saturated carbocycles. The fourth-order valence-corrected chi connectivity index (χ4v) is 0.911. The molecule has 0 amide bonds. The van der Waals surface area contributed by atoms with Crippen molar-refractivity contribution in [3.63, 3.8) is 0 Å². The second-order valence-electron chi connectivity index (χ2n) is 4.33. The predicted octanol–water partition coefficient (Wildman–Crippen LogP) is 2.45. The van der Waals surface area contributed by atoms with Crippen molar-refractivity contribution in [1.29, 1.82) is 0 Å². The molecule has 1 aromatic rings. The standard InChI is InChI=1S/C12H14O3/c1-12(2,3)11(14)15-10-6-4-5-9(7-10)8-13/h4-8H,1-3H3. The summed E-state index contributed by atoms with van der Waals surface area (Å²) in [7, 11) is 0. The number of hydrogen-bond donors (Lipinski definition) is 0. The maximum absolute atomic E-state index is 11.5. The Labute approximate surface area is 89.1 Å². The topological polar surface area (TPSA) is 43.4 Å². The minimum absolute atomic E-state index is 0.314. The van der Waals surface area contributed by atoms with Crippen molar-refractivity contribution in [2.24, 2.45) is 5.41 Å². The van der Waals surface area contributed by atoms with E-state index in [2.05, 4.69) is 0 Å². The van der Waals surface area contributed by atoms with Crippen LogP contribution in [0.15, 0.2) is 24.3 Å². The van der Waals surface area contributed by atoms with E-state index in [0.29, 0.717) is 17.6 Å². The highest BCUT2D eigenvalue weighted by Gasteiger charge is 2.23. The summed E-state index contributed by atoms with van der Waals surface area (Å²) < 4.78 is 5.12. The summed E-state index contributed by atoms with van der Waals surface area (Å²) >= 11 is 0. The lowest BCUT2D eigenvalue weighted by atomic mass is 9.97. The lowest BCUT2D eigenvalue weighted by Crippen LogP contribution is -2.25. The number of carbonyl (C=O) groups is 2. The van der Waals surface area contributed by atoms with Crippen molar-refractivity contribution in [2.45, 2.75) is 20.8 Å². The predicted molar refractivity (Wildman–Crippen MR) is 56.9 cm³/mol. The summed E-state index contributed by atoms with van der Waals surface area (Å²) in [4.78, 5) is 22.0. The lowest BCUT2D eigenvalue weighted by molar-refractivity contribution is -0.143. The summed E-state index contributed by atoms with van der Waals surface area (Å²) in [5.41, 5.74) is -0.0498. The van der Waals surface area contributed by atoms with Gasteiger partial charge in [-0.1, -0.05) is 12.1 Å². The molecule has 0 saturated heterocycles. The van der Waals surface area contributed by atoms with Crippen LogP contribution in [0.2, 0.25) is 0 Å². The van der Waals surface area contributed by atoms with Crippen LogP contribution in [0.3, 0.4) is 0 Å². The first-order valence-corrected chi connectivity index (χ1v) is 4.71. The molecule has 0 heterocycles. The summed E-state index contributed by atoms with van der Waals surface area (Å²) in [6, 6.07) is 6.52. The van der Waals surface area contributed by atoms with Crippen LogP contribution in [-0.4, -0.2) is 12.3 Å². The molecule has 0 aliphatic carbocycles. The van der Waals surface area contributed by atoms with E-state index in [0.717, 1.165) is 0 Å². The molecule has 3 heteroatoms. The fourth-order valence-electron chi connectivity index (χ4n) is 0.911. The quantitative estimate of drug-likeness (QED) is 0.424. The van der Waals surface area contributed by atoms with Gasteiger partial charge in [0, 0.05) is 5.56 Å². The molecular formula is C12H14O3.